The molecule has 164 valence electrons. The van der Waals surface area contributed by atoms with E-state index in [2.05, 4.69) is 27.4 Å². The zero-order valence-corrected chi connectivity index (χ0v) is 18.8. The molecule has 0 unspecified atom stereocenters. The van der Waals surface area contributed by atoms with Crippen LogP contribution in [0.25, 0.3) is 6.08 Å². The third kappa shape index (κ3) is 6.83. The first-order valence-electron chi connectivity index (χ1n) is 9.78. The molecule has 0 radical (unpaired) electrons. The number of halogens is 1. The number of para-hydroxylation sites is 1. The van der Waals surface area contributed by atoms with E-state index in [9.17, 15) is 9.59 Å². The number of aromatic nitrogens is 3. The van der Waals surface area contributed by atoms with Crippen LogP contribution in [-0.2, 0) is 22.7 Å². The van der Waals surface area contributed by atoms with Gasteiger partial charge in [0.1, 0.15) is 0 Å². The topological polar surface area (TPSA) is 88.9 Å². The van der Waals surface area contributed by atoms with Crippen molar-refractivity contribution in [2.75, 3.05) is 11.1 Å². The van der Waals surface area contributed by atoms with E-state index in [1.54, 1.807) is 18.2 Å². The summed E-state index contributed by atoms with van der Waals surface area (Å²) in [5, 5.41) is 15.1. The van der Waals surface area contributed by atoms with E-state index in [1.165, 1.54) is 17.8 Å². The molecule has 0 aliphatic rings. The van der Waals surface area contributed by atoms with Gasteiger partial charge in [-0.2, -0.15) is 0 Å². The largest absolute Gasteiger partial charge is 0.345 e. The van der Waals surface area contributed by atoms with E-state index in [-0.39, 0.29) is 24.1 Å². The zero-order chi connectivity index (χ0) is 22.8. The van der Waals surface area contributed by atoms with Crippen molar-refractivity contribution in [2.24, 2.45) is 0 Å². The Bertz CT molecular complexity index is 1110. The molecular formula is C23H22ClN5O2S. The van der Waals surface area contributed by atoms with Crippen LogP contribution in [-0.4, -0.2) is 32.3 Å². The molecule has 1 heterocycles. The van der Waals surface area contributed by atoms with Gasteiger partial charge in [0.2, 0.25) is 11.8 Å². The normalized spacial score (nSPS) is 10.8. The fraction of sp³-hybridized carbons (Fsp3) is 0.130. The second kappa shape index (κ2) is 11.9. The zero-order valence-electron chi connectivity index (χ0n) is 17.2. The second-order valence-corrected chi connectivity index (χ2v) is 7.92. The Hall–Kier alpha value is -3.36. The van der Waals surface area contributed by atoms with Gasteiger partial charge in [0.05, 0.1) is 12.3 Å². The number of hydrogen-bond acceptors (Lipinski definition) is 5. The summed E-state index contributed by atoms with van der Waals surface area (Å²) in [6.45, 7) is 4.40. The molecule has 3 rings (SSSR count). The number of carbonyl (C=O) groups is 2. The summed E-state index contributed by atoms with van der Waals surface area (Å²) >= 11 is 7.36. The number of carbonyl (C=O) groups excluding carboxylic acids is 2. The summed E-state index contributed by atoms with van der Waals surface area (Å²) in [7, 11) is 0. The molecule has 0 saturated carbocycles. The maximum atomic E-state index is 12.2. The first kappa shape index (κ1) is 23.3. The number of allylic oxidation sites excluding steroid dienone is 1. The highest BCUT2D eigenvalue weighted by atomic mass is 35.5. The van der Waals surface area contributed by atoms with Crippen molar-refractivity contribution in [3.63, 3.8) is 0 Å². The molecule has 0 fully saturated rings. The van der Waals surface area contributed by atoms with Gasteiger partial charge in [-0.3, -0.25) is 9.59 Å². The standard InChI is InChI=1S/C23H22ClN5O2S/c1-2-14-29-20(15-25-21(30)13-12-17-8-6-7-11-19(17)24)27-28-23(29)32-16-22(31)26-18-9-4-3-5-10-18/h2-13H,1,14-16H2,(H,25,30)(H,26,31). The Kier molecular flexibility index (Phi) is 8.65. The number of hydrogen-bond donors (Lipinski definition) is 2. The van der Waals surface area contributed by atoms with Gasteiger partial charge in [-0.05, 0) is 29.8 Å². The predicted molar refractivity (Wildman–Crippen MR) is 128 cm³/mol. The minimum Gasteiger partial charge on any atom is -0.345 e. The van der Waals surface area contributed by atoms with Gasteiger partial charge in [-0.15, -0.1) is 16.8 Å². The molecule has 0 bridgehead atoms. The lowest BCUT2D eigenvalue weighted by Crippen LogP contribution is -2.23. The van der Waals surface area contributed by atoms with Crippen LogP contribution in [0, 0.1) is 0 Å². The van der Waals surface area contributed by atoms with Crippen LogP contribution < -0.4 is 10.6 Å². The fourth-order valence-corrected chi connectivity index (χ4v) is 3.68. The predicted octanol–water partition coefficient (Wildman–Crippen LogP) is 4.18. The molecule has 7 nitrogen and oxygen atoms in total. The SMILES string of the molecule is C=CCn1c(CNC(=O)C=Cc2ccccc2Cl)nnc1SCC(=O)Nc1ccccc1. The molecule has 9 heteroatoms. The second-order valence-electron chi connectivity index (χ2n) is 6.57. The van der Waals surface area contributed by atoms with Gasteiger partial charge < -0.3 is 15.2 Å². The van der Waals surface area contributed by atoms with Gasteiger partial charge in [0.15, 0.2) is 11.0 Å². The number of benzene rings is 2. The van der Waals surface area contributed by atoms with Gasteiger partial charge in [-0.25, -0.2) is 0 Å². The van der Waals surface area contributed by atoms with E-state index in [1.807, 2.05) is 53.1 Å². The Morgan fingerprint density at radius 2 is 1.84 bits per heavy atom. The van der Waals surface area contributed by atoms with Gasteiger partial charge in [-0.1, -0.05) is 65.8 Å². The number of nitrogens with zero attached hydrogens (tertiary/aromatic N) is 3. The quantitative estimate of drug-likeness (QED) is 0.265. The molecule has 2 amide bonds. The van der Waals surface area contributed by atoms with Crippen LogP contribution in [0.1, 0.15) is 11.4 Å². The van der Waals surface area contributed by atoms with Crippen LogP contribution in [0.5, 0.6) is 0 Å². The third-order valence-corrected chi connectivity index (χ3v) is 5.55. The van der Waals surface area contributed by atoms with Gasteiger partial charge in [0, 0.05) is 23.3 Å². The lowest BCUT2D eigenvalue weighted by atomic mass is 10.2. The van der Waals surface area contributed by atoms with E-state index < -0.39 is 0 Å². The van der Waals surface area contributed by atoms with Crippen LogP contribution >= 0.6 is 23.4 Å². The van der Waals surface area contributed by atoms with Crippen molar-refractivity contribution in [1.29, 1.82) is 0 Å². The summed E-state index contributed by atoms with van der Waals surface area (Å²) < 4.78 is 1.81. The lowest BCUT2D eigenvalue weighted by Gasteiger charge is -2.08. The van der Waals surface area contributed by atoms with Crippen molar-refractivity contribution in [3.8, 4) is 0 Å². The molecule has 0 aliphatic carbocycles. The highest BCUT2D eigenvalue weighted by Gasteiger charge is 2.14. The van der Waals surface area contributed by atoms with Crippen molar-refractivity contribution >= 4 is 46.9 Å². The van der Waals surface area contributed by atoms with E-state index in [0.29, 0.717) is 22.5 Å². The molecule has 0 aliphatic heterocycles. The average molecular weight is 468 g/mol. The number of thioether (sulfide) groups is 1. The molecular weight excluding hydrogens is 446 g/mol. The summed E-state index contributed by atoms with van der Waals surface area (Å²) in [6.07, 6.45) is 4.78. The van der Waals surface area contributed by atoms with Crippen LogP contribution in [0.2, 0.25) is 5.02 Å². The maximum Gasteiger partial charge on any atom is 0.244 e. The molecule has 2 aromatic carbocycles. The molecule has 32 heavy (non-hydrogen) atoms. The Balaban J connectivity index is 1.56. The number of anilines is 1. The molecule has 0 saturated heterocycles. The van der Waals surface area contributed by atoms with Crippen LogP contribution in [0.15, 0.2) is 78.5 Å². The minimum absolute atomic E-state index is 0.145. The molecule has 1 aromatic heterocycles. The minimum atomic E-state index is -0.283. The smallest absolute Gasteiger partial charge is 0.244 e. The fourth-order valence-electron chi connectivity index (χ4n) is 2.72. The van der Waals surface area contributed by atoms with Crippen molar-refractivity contribution in [2.45, 2.75) is 18.2 Å². The van der Waals surface area contributed by atoms with E-state index in [4.69, 9.17) is 11.6 Å². The summed E-state index contributed by atoms with van der Waals surface area (Å²) in [5.41, 5.74) is 1.49. The Morgan fingerprint density at radius 3 is 2.59 bits per heavy atom. The van der Waals surface area contributed by atoms with E-state index >= 15 is 0 Å². The maximum absolute atomic E-state index is 12.2. The van der Waals surface area contributed by atoms with Gasteiger partial charge in [0.25, 0.3) is 0 Å². The monoisotopic (exact) mass is 467 g/mol. The average Bonchev–Trinajstić information content (AvgIpc) is 3.18. The van der Waals surface area contributed by atoms with Crippen LogP contribution in [0.3, 0.4) is 0 Å². The van der Waals surface area contributed by atoms with Crippen molar-refractivity contribution in [3.05, 3.63) is 89.7 Å². The number of rotatable bonds is 10. The highest BCUT2D eigenvalue weighted by molar-refractivity contribution is 7.99. The first-order chi connectivity index (χ1) is 15.6. The Labute approximate surface area is 195 Å². The van der Waals surface area contributed by atoms with E-state index in [0.717, 1.165) is 11.3 Å². The summed E-state index contributed by atoms with van der Waals surface area (Å²) in [5.74, 6) is 0.315. The Morgan fingerprint density at radius 1 is 1.09 bits per heavy atom. The van der Waals surface area contributed by atoms with Gasteiger partial charge >= 0.3 is 0 Å². The lowest BCUT2D eigenvalue weighted by molar-refractivity contribution is -0.116. The molecule has 2 N–H and O–H groups in total. The molecule has 3 aromatic rings. The molecule has 0 atom stereocenters. The summed E-state index contributed by atoms with van der Waals surface area (Å²) in [6, 6.07) is 16.5. The molecule has 0 spiro atoms. The first-order valence-corrected chi connectivity index (χ1v) is 11.1. The van der Waals surface area contributed by atoms with Crippen molar-refractivity contribution in [1.82, 2.24) is 20.1 Å². The highest BCUT2D eigenvalue weighted by Crippen LogP contribution is 2.18. The number of amides is 2. The van der Waals surface area contributed by atoms with Crippen molar-refractivity contribution < 1.29 is 9.59 Å². The number of nitrogens with one attached hydrogen (secondary N) is 2. The van der Waals surface area contributed by atoms with Crippen LogP contribution in [0.4, 0.5) is 5.69 Å². The summed E-state index contributed by atoms with van der Waals surface area (Å²) in [4.78, 5) is 24.4. The third-order valence-electron chi connectivity index (χ3n) is 4.24.